The number of carbonyl (C=O) groups is 2. The van der Waals surface area contributed by atoms with E-state index in [-0.39, 0.29) is 18.4 Å². The van der Waals surface area contributed by atoms with Crippen LogP contribution in [-0.2, 0) is 16.0 Å². The summed E-state index contributed by atoms with van der Waals surface area (Å²) in [5.74, 6) is -0.204. The molecule has 3 rings (SSSR count). The van der Waals surface area contributed by atoms with E-state index < -0.39 is 0 Å². The lowest BCUT2D eigenvalue weighted by Gasteiger charge is -2.21. The van der Waals surface area contributed by atoms with Crippen molar-refractivity contribution < 1.29 is 9.59 Å². The van der Waals surface area contributed by atoms with Crippen LogP contribution in [0, 0.1) is 0 Å². The number of benzene rings is 1. The highest BCUT2D eigenvalue weighted by molar-refractivity contribution is 5.79. The molecule has 2 aromatic rings. The Kier molecular flexibility index (Phi) is 5.45. The molecule has 0 saturated carbocycles. The minimum absolute atomic E-state index is 0.118. The molecule has 1 fully saturated rings. The summed E-state index contributed by atoms with van der Waals surface area (Å²) in [5.41, 5.74) is 7.21. The number of hydrogen-bond donors (Lipinski definition) is 1. The number of rotatable bonds is 5. The van der Waals surface area contributed by atoms with E-state index in [1.165, 1.54) is 0 Å². The second-order valence-corrected chi connectivity index (χ2v) is 6.27. The van der Waals surface area contributed by atoms with Crippen LogP contribution >= 0.6 is 0 Å². The summed E-state index contributed by atoms with van der Waals surface area (Å²) in [4.78, 5) is 27.5. The molecule has 2 amide bonds. The quantitative estimate of drug-likeness (QED) is 0.855. The van der Waals surface area contributed by atoms with Crippen LogP contribution in [0.25, 0.3) is 5.69 Å². The van der Waals surface area contributed by atoms with Gasteiger partial charge in [0.2, 0.25) is 11.8 Å². The molecule has 25 heavy (non-hydrogen) atoms. The van der Waals surface area contributed by atoms with Crippen LogP contribution in [0.5, 0.6) is 0 Å². The molecule has 1 aliphatic rings. The Bertz CT molecular complexity index is 712. The average molecular weight is 341 g/mol. The summed E-state index contributed by atoms with van der Waals surface area (Å²) in [6.07, 6.45) is 4.86. The number of aromatic nitrogens is 2. The standard InChI is InChI=1S/C18H23N5O2/c19-17(24)14-21-8-2-9-22(12-11-21)18(25)13-15-3-5-16(6-4-15)23-10-1-7-20-23/h1,3-7,10H,2,8-9,11-14H2,(H2,19,24). The number of amides is 2. The summed E-state index contributed by atoms with van der Waals surface area (Å²) in [7, 11) is 0. The Morgan fingerprint density at radius 1 is 1.08 bits per heavy atom. The van der Waals surface area contributed by atoms with Gasteiger partial charge in [-0.2, -0.15) is 5.10 Å². The van der Waals surface area contributed by atoms with Crippen molar-refractivity contribution in [2.45, 2.75) is 12.8 Å². The van der Waals surface area contributed by atoms with Gasteiger partial charge in [-0.05, 0) is 30.2 Å². The molecule has 0 radical (unpaired) electrons. The third kappa shape index (κ3) is 4.67. The van der Waals surface area contributed by atoms with Gasteiger partial charge in [-0.1, -0.05) is 12.1 Å². The number of nitrogens with zero attached hydrogens (tertiary/aromatic N) is 4. The normalized spacial score (nSPS) is 15.8. The first kappa shape index (κ1) is 17.2. The number of nitrogens with two attached hydrogens (primary N) is 1. The number of carbonyl (C=O) groups excluding carboxylic acids is 2. The highest BCUT2D eigenvalue weighted by atomic mass is 16.2. The van der Waals surface area contributed by atoms with Gasteiger partial charge in [-0.15, -0.1) is 0 Å². The monoisotopic (exact) mass is 341 g/mol. The molecule has 2 N–H and O–H groups in total. The van der Waals surface area contributed by atoms with Crippen molar-refractivity contribution in [1.29, 1.82) is 0 Å². The van der Waals surface area contributed by atoms with Crippen molar-refractivity contribution in [2.75, 3.05) is 32.7 Å². The highest BCUT2D eigenvalue weighted by Crippen LogP contribution is 2.11. The molecule has 1 aromatic heterocycles. The van der Waals surface area contributed by atoms with Gasteiger partial charge in [0.05, 0.1) is 18.7 Å². The molecule has 1 saturated heterocycles. The van der Waals surface area contributed by atoms with Gasteiger partial charge in [-0.3, -0.25) is 14.5 Å². The van der Waals surface area contributed by atoms with Gasteiger partial charge in [0.1, 0.15) is 0 Å². The first-order chi connectivity index (χ1) is 12.1. The van der Waals surface area contributed by atoms with E-state index in [0.717, 1.165) is 30.8 Å². The fourth-order valence-electron chi connectivity index (χ4n) is 3.07. The van der Waals surface area contributed by atoms with Crippen molar-refractivity contribution in [3.05, 3.63) is 48.3 Å². The second-order valence-electron chi connectivity index (χ2n) is 6.27. The molecule has 0 aliphatic carbocycles. The minimum Gasteiger partial charge on any atom is -0.369 e. The van der Waals surface area contributed by atoms with Gasteiger partial charge in [0.25, 0.3) is 0 Å². The maximum atomic E-state index is 12.6. The van der Waals surface area contributed by atoms with Gasteiger partial charge in [0.15, 0.2) is 0 Å². The Morgan fingerprint density at radius 3 is 2.56 bits per heavy atom. The third-order valence-electron chi connectivity index (χ3n) is 4.38. The Labute approximate surface area is 147 Å². The van der Waals surface area contributed by atoms with Crippen LogP contribution < -0.4 is 5.73 Å². The average Bonchev–Trinajstić information content (AvgIpc) is 3.02. The van der Waals surface area contributed by atoms with Crippen LogP contribution in [0.3, 0.4) is 0 Å². The lowest BCUT2D eigenvalue weighted by Crippen LogP contribution is -2.38. The van der Waals surface area contributed by atoms with Crippen LogP contribution in [0.1, 0.15) is 12.0 Å². The molecule has 0 unspecified atom stereocenters. The van der Waals surface area contributed by atoms with Crippen molar-refractivity contribution in [3.8, 4) is 5.69 Å². The smallest absolute Gasteiger partial charge is 0.231 e. The number of hydrogen-bond acceptors (Lipinski definition) is 4. The van der Waals surface area contributed by atoms with E-state index in [1.807, 2.05) is 46.3 Å². The Balaban J connectivity index is 1.56. The summed E-state index contributed by atoms with van der Waals surface area (Å²) in [6.45, 7) is 3.10. The summed E-state index contributed by atoms with van der Waals surface area (Å²) in [6, 6.07) is 9.73. The predicted molar refractivity (Wildman–Crippen MR) is 94.1 cm³/mol. The Hall–Kier alpha value is -2.67. The van der Waals surface area contributed by atoms with Crippen LogP contribution in [0.4, 0.5) is 0 Å². The van der Waals surface area contributed by atoms with E-state index in [2.05, 4.69) is 5.10 Å². The predicted octanol–water partition coefficient (Wildman–Crippen LogP) is 0.434. The molecule has 7 heteroatoms. The maximum absolute atomic E-state index is 12.6. The zero-order chi connectivity index (χ0) is 17.6. The first-order valence-corrected chi connectivity index (χ1v) is 8.49. The molecule has 1 aromatic carbocycles. The van der Waals surface area contributed by atoms with Crippen LogP contribution in [-0.4, -0.2) is 64.1 Å². The molecular formula is C18H23N5O2. The largest absolute Gasteiger partial charge is 0.369 e. The summed E-state index contributed by atoms with van der Waals surface area (Å²) < 4.78 is 1.79. The minimum atomic E-state index is -0.322. The maximum Gasteiger partial charge on any atom is 0.231 e. The molecular weight excluding hydrogens is 318 g/mol. The lowest BCUT2D eigenvalue weighted by molar-refractivity contribution is -0.130. The molecule has 132 valence electrons. The number of primary amides is 1. The fourth-order valence-corrected chi connectivity index (χ4v) is 3.07. The first-order valence-electron chi connectivity index (χ1n) is 8.49. The molecule has 0 atom stereocenters. The summed E-state index contributed by atoms with van der Waals surface area (Å²) in [5, 5.41) is 4.19. The topological polar surface area (TPSA) is 84.5 Å². The zero-order valence-corrected chi connectivity index (χ0v) is 14.2. The van der Waals surface area contributed by atoms with E-state index in [9.17, 15) is 9.59 Å². The van der Waals surface area contributed by atoms with E-state index in [0.29, 0.717) is 19.5 Å². The van der Waals surface area contributed by atoms with Gasteiger partial charge >= 0.3 is 0 Å². The van der Waals surface area contributed by atoms with Crippen molar-refractivity contribution >= 4 is 11.8 Å². The van der Waals surface area contributed by atoms with Gasteiger partial charge in [-0.25, -0.2) is 4.68 Å². The summed E-state index contributed by atoms with van der Waals surface area (Å²) >= 11 is 0. The molecule has 0 spiro atoms. The zero-order valence-electron chi connectivity index (χ0n) is 14.2. The lowest BCUT2D eigenvalue weighted by atomic mass is 10.1. The third-order valence-corrected chi connectivity index (χ3v) is 4.38. The van der Waals surface area contributed by atoms with E-state index in [4.69, 9.17) is 5.73 Å². The van der Waals surface area contributed by atoms with Crippen LogP contribution in [0.15, 0.2) is 42.7 Å². The molecule has 7 nitrogen and oxygen atoms in total. The SMILES string of the molecule is NC(=O)CN1CCCN(C(=O)Cc2ccc(-n3cccn3)cc2)CC1. The second kappa shape index (κ2) is 7.94. The van der Waals surface area contributed by atoms with E-state index in [1.54, 1.807) is 10.9 Å². The van der Waals surface area contributed by atoms with Gasteiger partial charge in [0, 0.05) is 38.6 Å². The Morgan fingerprint density at radius 2 is 1.88 bits per heavy atom. The molecule has 1 aliphatic heterocycles. The van der Waals surface area contributed by atoms with E-state index >= 15 is 0 Å². The van der Waals surface area contributed by atoms with Crippen molar-refractivity contribution in [3.63, 3.8) is 0 Å². The fraction of sp³-hybridized carbons (Fsp3) is 0.389. The van der Waals surface area contributed by atoms with Crippen molar-refractivity contribution in [1.82, 2.24) is 19.6 Å². The molecule has 0 bridgehead atoms. The van der Waals surface area contributed by atoms with Gasteiger partial charge < -0.3 is 10.6 Å². The van der Waals surface area contributed by atoms with Crippen LogP contribution in [0.2, 0.25) is 0 Å². The van der Waals surface area contributed by atoms with Crippen molar-refractivity contribution in [2.24, 2.45) is 5.73 Å². The molecule has 2 heterocycles. The highest BCUT2D eigenvalue weighted by Gasteiger charge is 2.20.